The number of rotatable bonds is 5. The third kappa shape index (κ3) is 4.94. The Kier molecular flexibility index (Phi) is 5.66. The van der Waals surface area contributed by atoms with E-state index in [1.165, 1.54) is 0 Å². The van der Waals surface area contributed by atoms with Crippen LogP contribution in [0.2, 0.25) is 10.0 Å². The monoisotopic (exact) mass is 316 g/mol. The second-order valence-corrected chi connectivity index (χ2v) is 5.91. The number of piperazine rings is 1. The molecule has 0 saturated carbocycles. The summed E-state index contributed by atoms with van der Waals surface area (Å²) >= 11 is 12.0. The largest absolute Gasteiger partial charge is 0.481 e. The Morgan fingerprint density at radius 2 is 1.60 bits per heavy atom. The Balaban J connectivity index is 1.80. The maximum Gasteiger partial charge on any atom is 0.304 e. The molecule has 0 unspecified atom stereocenters. The Labute approximate surface area is 128 Å². The topological polar surface area (TPSA) is 43.8 Å². The molecule has 2 rings (SSSR count). The SMILES string of the molecule is O=C(O)CCN1CCN(Cc2cc(Cl)cc(Cl)c2)CC1. The fraction of sp³-hybridized carbons (Fsp3) is 0.500. The van der Waals surface area contributed by atoms with E-state index in [-0.39, 0.29) is 6.42 Å². The number of benzene rings is 1. The lowest BCUT2D eigenvalue weighted by atomic mass is 10.2. The number of nitrogens with zero attached hydrogens (tertiary/aromatic N) is 2. The zero-order chi connectivity index (χ0) is 14.5. The normalized spacial score (nSPS) is 17.3. The number of carboxylic acid groups (broad SMARTS) is 1. The quantitative estimate of drug-likeness (QED) is 0.906. The highest BCUT2D eigenvalue weighted by molar-refractivity contribution is 6.34. The minimum atomic E-state index is -0.735. The van der Waals surface area contributed by atoms with E-state index in [2.05, 4.69) is 9.80 Å². The number of hydrogen-bond acceptors (Lipinski definition) is 3. The lowest BCUT2D eigenvalue weighted by Crippen LogP contribution is -2.46. The predicted molar refractivity (Wildman–Crippen MR) is 80.4 cm³/mol. The molecule has 6 heteroatoms. The van der Waals surface area contributed by atoms with Crippen molar-refractivity contribution in [3.63, 3.8) is 0 Å². The van der Waals surface area contributed by atoms with Crippen molar-refractivity contribution in [3.8, 4) is 0 Å². The number of hydrogen-bond donors (Lipinski definition) is 1. The Bertz CT molecular complexity index is 454. The first-order valence-electron chi connectivity index (χ1n) is 6.64. The van der Waals surface area contributed by atoms with Gasteiger partial charge in [0.05, 0.1) is 6.42 Å². The van der Waals surface area contributed by atoms with Crippen molar-refractivity contribution in [2.75, 3.05) is 32.7 Å². The molecular weight excluding hydrogens is 299 g/mol. The molecule has 0 aromatic heterocycles. The van der Waals surface area contributed by atoms with E-state index < -0.39 is 5.97 Å². The van der Waals surface area contributed by atoms with Crippen LogP contribution in [0.1, 0.15) is 12.0 Å². The molecule has 0 aliphatic carbocycles. The smallest absolute Gasteiger partial charge is 0.304 e. The van der Waals surface area contributed by atoms with Gasteiger partial charge in [0.1, 0.15) is 0 Å². The van der Waals surface area contributed by atoms with Crippen molar-refractivity contribution in [1.29, 1.82) is 0 Å². The summed E-state index contributed by atoms with van der Waals surface area (Å²) in [5.74, 6) is -0.735. The second-order valence-electron chi connectivity index (χ2n) is 5.04. The van der Waals surface area contributed by atoms with Gasteiger partial charge in [0.15, 0.2) is 0 Å². The van der Waals surface area contributed by atoms with Gasteiger partial charge in [-0.2, -0.15) is 0 Å². The lowest BCUT2D eigenvalue weighted by Gasteiger charge is -2.34. The zero-order valence-electron chi connectivity index (χ0n) is 11.2. The van der Waals surface area contributed by atoms with Crippen LogP contribution in [-0.2, 0) is 11.3 Å². The molecule has 0 atom stereocenters. The number of carboxylic acids is 1. The van der Waals surface area contributed by atoms with Crippen molar-refractivity contribution in [2.24, 2.45) is 0 Å². The van der Waals surface area contributed by atoms with Gasteiger partial charge in [0.25, 0.3) is 0 Å². The molecule has 1 N–H and O–H groups in total. The molecule has 4 nitrogen and oxygen atoms in total. The molecule has 1 saturated heterocycles. The standard InChI is InChI=1S/C14H18Cl2N2O2/c15-12-7-11(8-13(16)9-12)10-18-5-3-17(4-6-18)2-1-14(19)20/h7-9H,1-6,10H2,(H,19,20). The molecule has 1 aliphatic heterocycles. The predicted octanol–water partition coefficient (Wildman–Crippen LogP) is 2.59. The summed E-state index contributed by atoms with van der Waals surface area (Å²) < 4.78 is 0. The Morgan fingerprint density at radius 1 is 1.05 bits per heavy atom. The van der Waals surface area contributed by atoms with Crippen LogP contribution in [0.4, 0.5) is 0 Å². The fourth-order valence-electron chi connectivity index (χ4n) is 2.39. The van der Waals surface area contributed by atoms with Crippen LogP contribution in [0.15, 0.2) is 18.2 Å². The van der Waals surface area contributed by atoms with Crippen LogP contribution in [-0.4, -0.2) is 53.6 Å². The van der Waals surface area contributed by atoms with Gasteiger partial charge in [0.2, 0.25) is 0 Å². The van der Waals surface area contributed by atoms with Gasteiger partial charge in [-0.25, -0.2) is 0 Å². The average Bonchev–Trinajstić information content (AvgIpc) is 2.36. The van der Waals surface area contributed by atoms with Gasteiger partial charge in [-0.3, -0.25) is 9.69 Å². The Morgan fingerprint density at radius 3 is 2.15 bits per heavy atom. The highest BCUT2D eigenvalue weighted by atomic mass is 35.5. The second kappa shape index (κ2) is 7.27. The first-order chi connectivity index (χ1) is 9.52. The van der Waals surface area contributed by atoms with Gasteiger partial charge in [-0.1, -0.05) is 23.2 Å². The van der Waals surface area contributed by atoms with E-state index in [0.717, 1.165) is 38.3 Å². The van der Waals surface area contributed by atoms with Gasteiger partial charge < -0.3 is 10.0 Å². The summed E-state index contributed by atoms with van der Waals surface area (Å²) in [6.07, 6.45) is 0.212. The third-order valence-electron chi connectivity index (χ3n) is 3.44. The van der Waals surface area contributed by atoms with Gasteiger partial charge in [0, 0.05) is 49.3 Å². The molecule has 0 spiro atoms. The molecule has 0 bridgehead atoms. The van der Waals surface area contributed by atoms with Crippen molar-refractivity contribution in [3.05, 3.63) is 33.8 Å². The van der Waals surface area contributed by atoms with Gasteiger partial charge in [-0.05, 0) is 23.8 Å². The first kappa shape index (κ1) is 15.6. The maximum absolute atomic E-state index is 10.5. The highest BCUT2D eigenvalue weighted by Gasteiger charge is 2.17. The van der Waals surface area contributed by atoms with E-state index in [1.54, 1.807) is 6.07 Å². The maximum atomic E-state index is 10.5. The number of aliphatic carboxylic acids is 1. The van der Waals surface area contributed by atoms with Crippen molar-refractivity contribution >= 4 is 29.2 Å². The van der Waals surface area contributed by atoms with E-state index in [0.29, 0.717) is 16.6 Å². The minimum Gasteiger partial charge on any atom is -0.481 e. The third-order valence-corrected chi connectivity index (χ3v) is 3.87. The van der Waals surface area contributed by atoms with Crippen molar-refractivity contribution in [2.45, 2.75) is 13.0 Å². The summed E-state index contributed by atoms with van der Waals surface area (Å²) in [6.45, 7) is 5.13. The first-order valence-corrected chi connectivity index (χ1v) is 7.40. The minimum absolute atomic E-state index is 0.212. The number of carbonyl (C=O) groups is 1. The summed E-state index contributed by atoms with van der Waals surface area (Å²) in [7, 11) is 0. The van der Waals surface area contributed by atoms with Crippen LogP contribution in [0.25, 0.3) is 0 Å². The Hall–Kier alpha value is -0.810. The van der Waals surface area contributed by atoms with Crippen LogP contribution < -0.4 is 0 Å². The van der Waals surface area contributed by atoms with E-state index >= 15 is 0 Å². The molecular formula is C14H18Cl2N2O2. The molecule has 0 amide bonds. The van der Waals surface area contributed by atoms with Gasteiger partial charge in [-0.15, -0.1) is 0 Å². The van der Waals surface area contributed by atoms with Crippen molar-refractivity contribution in [1.82, 2.24) is 9.80 Å². The summed E-state index contributed by atoms with van der Waals surface area (Å²) in [4.78, 5) is 15.1. The van der Waals surface area contributed by atoms with Crippen LogP contribution in [0.3, 0.4) is 0 Å². The molecule has 1 aromatic rings. The van der Waals surface area contributed by atoms with Crippen LogP contribution in [0, 0.1) is 0 Å². The molecule has 110 valence electrons. The highest BCUT2D eigenvalue weighted by Crippen LogP contribution is 2.20. The molecule has 0 radical (unpaired) electrons. The summed E-state index contributed by atoms with van der Waals surface area (Å²) in [5.41, 5.74) is 1.11. The summed E-state index contributed by atoms with van der Waals surface area (Å²) in [5, 5.41) is 10.0. The van der Waals surface area contributed by atoms with E-state index in [4.69, 9.17) is 28.3 Å². The molecule has 1 aliphatic rings. The molecule has 20 heavy (non-hydrogen) atoms. The summed E-state index contributed by atoms with van der Waals surface area (Å²) in [6, 6.07) is 5.60. The van der Waals surface area contributed by atoms with Crippen LogP contribution in [0.5, 0.6) is 0 Å². The molecule has 1 aromatic carbocycles. The van der Waals surface area contributed by atoms with Crippen LogP contribution >= 0.6 is 23.2 Å². The lowest BCUT2D eigenvalue weighted by molar-refractivity contribution is -0.137. The van der Waals surface area contributed by atoms with Crippen molar-refractivity contribution < 1.29 is 9.90 Å². The van der Waals surface area contributed by atoms with E-state index in [1.807, 2.05) is 12.1 Å². The zero-order valence-corrected chi connectivity index (χ0v) is 12.7. The molecule has 1 fully saturated rings. The van der Waals surface area contributed by atoms with E-state index in [9.17, 15) is 4.79 Å². The molecule has 1 heterocycles. The fourth-order valence-corrected chi connectivity index (χ4v) is 2.96. The number of halogens is 2. The van der Waals surface area contributed by atoms with Gasteiger partial charge >= 0.3 is 5.97 Å². The average molecular weight is 317 g/mol.